The monoisotopic (exact) mass is 238 g/mol. The highest BCUT2D eigenvalue weighted by Gasteiger charge is 2.32. The molecule has 0 amide bonds. The first-order chi connectivity index (χ1) is 8.31. The Labute approximate surface area is 107 Å². The molecule has 1 heterocycles. The van der Waals surface area contributed by atoms with Crippen molar-refractivity contribution >= 4 is 0 Å². The van der Waals surface area contributed by atoms with E-state index < -0.39 is 0 Å². The number of fused-ring (bicyclic) bond motifs is 1. The van der Waals surface area contributed by atoms with Gasteiger partial charge in [-0.2, -0.15) is 0 Å². The Morgan fingerprint density at radius 3 is 2.76 bits per heavy atom. The molecule has 100 valence electrons. The van der Waals surface area contributed by atoms with Gasteiger partial charge in [0.05, 0.1) is 0 Å². The summed E-state index contributed by atoms with van der Waals surface area (Å²) in [6, 6.07) is 1.63. The van der Waals surface area contributed by atoms with E-state index in [2.05, 4.69) is 24.2 Å². The highest BCUT2D eigenvalue weighted by molar-refractivity contribution is 4.87. The topological polar surface area (TPSA) is 15.3 Å². The molecule has 0 radical (unpaired) electrons. The molecule has 0 bridgehead atoms. The van der Waals surface area contributed by atoms with Crippen LogP contribution in [0.25, 0.3) is 0 Å². The summed E-state index contributed by atoms with van der Waals surface area (Å²) < 4.78 is 0. The first kappa shape index (κ1) is 13.4. The maximum Gasteiger partial charge on any atom is 0.0123 e. The smallest absolute Gasteiger partial charge is 0.0123 e. The molecule has 3 atom stereocenters. The SMILES string of the molecule is CNC(C)CCCN1CCC[C@H]2CCCC[C@H]21. The zero-order valence-corrected chi connectivity index (χ0v) is 11.8. The van der Waals surface area contributed by atoms with Gasteiger partial charge in [-0.15, -0.1) is 0 Å². The van der Waals surface area contributed by atoms with Gasteiger partial charge < -0.3 is 10.2 Å². The summed E-state index contributed by atoms with van der Waals surface area (Å²) in [4.78, 5) is 2.82. The van der Waals surface area contributed by atoms with Crippen LogP contribution in [0.4, 0.5) is 0 Å². The number of hydrogen-bond donors (Lipinski definition) is 1. The normalized spacial score (nSPS) is 32.1. The van der Waals surface area contributed by atoms with E-state index in [0.717, 1.165) is 12.0 Å². The summed E-state index contributed by atoms with van der Waals surface area (Å²) >= 11 is 0. The molecular formula is C15H30N2. The molecular weight excluding hydrogens is 208 g/mol. The van der Waals surface area contributed by atoms with E-state index in [0.29, 0.717) is 6.04 Å². The predicted molar refractivity (Wildman–Crippen MR) is 74.3 cm³/mol. The molecule has 1 saturated carbocycles. The van der Waals surface area contributed by atoms with Crippen LogP contribution in [0.2, 0.25) is 0 Å². The third kappa shape index (κ3) is 3.69. The number of likely N-dealkylation sites (tertiary alicyclic amines) is 1. The fraction of sp³-hybridized carbons (Fsp3) is 1.00. The predicted octanol–water partition coefficient (Wildman–Crippen LogP) is 3.03. The van der Waals surface area contributed by atoms with Gasteiger partial charge in [0.25, 0.3) is 0 Å². The third-order valence-electron chi connectivity index (χ3n) is 4.93. The molecule has 0 aromatic heterocycles. The Morgan fingerprint density at radius 2 is 1.94 bits per heavy atom. The molecule has 1 N–H and O–H groups in total. The van der Waals surface area contributed by atoms with E-state index >= 15 is 0 Å². The molecule has 2 nitrogen and oxygen atoms in total. The van der Waals surface area contributed by atoms with Crippen LogP contribution in [0.1, 0.15) is 58.3 Å². The number of rotatable bonds is 5. The van der Waals surface area contributed by atoms with Crippen LogP contribution >= 0.6 is 0 Å². The lowest BCUT2D eigenvalue weighted by atomic mass is 9.78. The Balaban J connectivity index is 1.74. The van der Waals surface area contributed by atoms with Crippen molar-refractivity contribution in [2.24, 2.45) is 5.92 Å². The first-order valence-corrected chi connectivity index (χ1v) is 7.72. The van der Waals surface area contributed by atoms with Crippen molar-refractivity contribution in [3.63, 3.8) is 0 Å². The summed E-state index contributed by atoms with van der Waals surface area (Å²) in [6.07, 6.45) is 11.6. The van der Waals surface area contributed by atoms with Gasteiger partial charge in [0.15, 0.2) is 0 Å². The molecule has 2 aliphatic rings. The minimum Gasteiger partial charge on any atom is -0.317 e. The molecule has 0 aromatic rings. The summed E-state index contributed by atoms with van der Waals surface area (Å²) in [7, 11) is 2.07. The molecule has 1 saturated heterocycles. The van der Waals surface area contributed by atoms with Gasteiger partial charge in [0.1, 0.15) is 0 Å². The van der Waals surface area contributed by atoms with Gasteiger partial charge in [-0.25, -0.2) is 0 Å². The molecule has 1 aliphatic heterocycles. The van der Waals surface area contributed by atoms with Crippen molar-refractivity contribution < 1.29 is 0 Å². The second-order valence-electron chi connectivity index (χ2n) is 6.12. The van der Waals surface area contributed by atoms with Gasteiger partial charge in [-0.1, -0.05) is 12.8 Å². The van der Waals surface area contributed by atoms with E-state index in [1.54, 1.807) is 0 Å². The van der Waals surface area contributed by atoms with E-state index in [9.17, 15) is 0 Å². The third-order valence-corrected chi connectivity index (χ3v) is 4.93. The Bertz CT molecular complexity index is 215. The minimum atomic E-state index is 0.682. The summed E-state index contributed by atoms with van der Waals surface area (Å²) in [5.41, 5.74) is 0. The Morgan fingerprint density at radius 1 is 1.18 bits per heavy atom. The van der Waals surface area contributed by atoms with Crippen LogP contribution in [-0.2, 0) is 0 Å². The van der Waals surface area contributed by atoms with E-state index in [1.807, 2.05) is 0 Å². The lowest BCUT2D eigenvalue weighted by molar-refractivity contribution is 0.0592. The lowest BCUT2D eigenvalue weighted by Gasteiger charge is -2.44. The van der Waals surface area contributed by atoms with E-state index in [-0.39, 0.29) is 0 Å². The van der Waals surface area contributed by atoms with Crippen LogP contribution < -0.4 is 5.32 Å². The van der Waals surface area contributed by atoms with Crippen molar-refractivity contribution in [1.29, 1.82) is 0 Å². The maximum absolute atomic E-state index is 3.34. The number of piperidine rings is 1. The number of hydrogen-bond acceptors (Lipinski definition) is 2. The average molecular weight is 238 g/mol. The first-order valence-electron chi connectivity index (χ1n) is 7.72. The van der Waals surface area contributed by atoms with Crippen LogP contribution in [0, 0.1) is 5.92 Å². The molecule has 0 spiro atoms. The second-order valence-corrected chi connectivity index (χ2v) is 6.12. The molecule has 0 aromatic carbocycles. The molecule has 1 aliphatic carbocycles. The maximum atomic E-state index is 3.34. The molecule has 2 rings (SSSR count). The minimum absolute atomic E-state index is 0.682. The lowest BCUT2D eigenvalue weighted by Crippen LogP contribution is -2.47. The standard InChI is InChI=1S/C15H30N2/c1-13(16-2)7-5-11-17-12-6-9-14-8-3-4-10-15(14)17/h13-16H,3-12H2,1-2H3/t13?,14-,15-/m1/s1. The van der Waals surface area contributed by atoms with Crippen LogP contribution in [0.15, 0.2) is 0 Å². The Kier molecular flexibility index (Phi) is 5.30. The Hall–Kier alpha value is -0.0800. The highest BCUT2D eigenvalue weighted by atomic mass is 15.2. The molecule has 2 fully saturated rings. The van der Waals surface area contributed by atoms with Gasteiger partial charge in [0, 0.05) is 12.1 Å². The summed E-state index contributed by atoms with van der Waals surface area (Å²) in [5, 5.41) is 3.34. The van der Waals surface area contributed by atoms with Gasteiger partial charge in [-0.3, -0.25) is 0 Å². The van der Waals surface area contributed by atoms with Crippen molar-refractivity contribution in [2.45, 2.75) is 70.4 Å². The molecule has 17 heavy (non-hydrogen) atoms. The zero-order chi connectivity index (χ0) is 12.1. The number of nitrogens with one attached hydrogen (secondary N) is 1. The fourth-order valence-corrected chi connectivity index (χ4v) is 3.75. The van der Waals surface area contributed by atoms with Crippen LogP contribution in [0.5, 0.6) is 0 Å². The van der Waals surface area contributed by atoms with Gasteiger partial charge >= 0.3 is 0 Å². The quantitative estimate of drug-likeness (QED) is 0.792. The molecule has 1 unspecified atom stereocenters. The fourth-order valence-electron chi connectivity index (χ4n) is 3.75. The van der Waals surface area contributed by atoms with E-state index in [4.69, 9.17) is 0 Å². The summed E-state index contributed by atoms with van der Waals surface area (Å²) in [6.45, 7) is 5.00. The second kappa shape index (κ2) is 6.75. The number of nitrogens with zero attached hydrogens (tertiary/aromatic N) is 1. The molecule has 2 heteroatoms. The van der Waals surface area contributed by atoms with Crippen LogP contribution in [0.3, 0.4) is 0 Å². The largest absolute Gasteiger partial charge is 0.317 e. The van der Waals surface area contributed by atoms with Crippen molar-refractivity contribution in [2.75, 3.05) is 20.1 Å². The zero-order valence-electron chi connectivity index (χ0n) is 11.8. The van der Waals surface area contributed by atoms with Crippen LogP contribution in [-0.4, -0.2) is 37.1 Å². The highest BCUT2D eigenvalue weighted by Crippen LogP contribution is 2.35. The van der Waals surface area contributed by atoms with Gasteiger partial charge in [0.2, 0.25) is 0 Å². The summed E-state index contributed by atoms with van der Waals surface area (Å²) in [5.74, 6) is 1.04. The average Bonchev–Trinajstić information content (AvgIpc) is 2.39. The van der Waals surface area contributed by atoms with Crippen molar-refractivity contribution in [3.8, 4) is 0 Å². The van der Waals surface area contributed by atoms with Crippen molar-refractivity contribution in [1.82, 2.24) is 10.2 Å². The van der Waals surface area contributed by atoms with E-state index in [1.165, 1.54) is 64.5 Å². The van der Waals surface area contributed by atoms with Gasteiger partial charge in [-0.05, 0) is 71.5 Å². The van der Waals surface area contributed by atoms with Crippen molar-refractivity contribution in [3.05, 3.63) is 0 Å².